The van der Waals surface area contributed by atoms with Crippen LogP contribution in [0.4, 0.5) is 0 Å². The Hall–Kier alpha value is -0.900. The molecule has 0 radical (unpaired) electrons. The fourth-order valence-corrected chi connectivity index (χ4v) is 1.18. The highest BCUT2D eigenvalue weighted by molar-refractivity contribution is 5.13. The molecular formula is C11H17NO2. The molecule has 1 aromatic carbocycles. The van der Waals surface area contributed by atoms with E-state index >= 15 is 0 Å². The molecule has 1 atom stereocenters. The van der Waals surface area contributed by atoms with Gasteiger partial charge in [0.25, 0.3) is 0 Å². The lowest BCUT2D eigenvalue weighted by Gasteiger charge is -2.10. The second-order valence-electron chi connectivity index (χ2n) is 3.21. The maximum atomic E-state index is 9.34. The molecular weight excluding hydrogens is 178 g/mol. The molecule has 0 aliphatic heterocycles. The predicted molar refractivity (Wildman–Crippen MR) is 56.0 cm³/mol. The summed E-state index contributed by atoms with van der Waals surface area (Å²) in [5, 5.41) is 12.2. The number of hydrogen-bond donors (Lipinski definition) is 2. The molecule has 0 aromatic heterocycles. The minimum atomic E-state index is -0.427. The third-order valence-electron chi connectivity index (χ3n) is 1.86. The fourth-order valence-electron chi connectivity index (χ4n) is 1.18. The molecule has 3 nitrogen and oxygen atoms in total. The quantitative estimate of drug-likeness (QED) is 0.705. The van der Waals surface area contributed by atoms with Crippen molar-refractivity contribution in [2.75, 3.05) is 20.2 Å². The Labute approximate surface area is 84.7 Å². The van der Waals surface area contributed by atoms with Gasteiger partial charge in [-0.2, -0.15) is 0 Å². The molecule has 1 rings (SSSR count). The number of ether oxygens (including phenoxy) is 1. The van der Waals surface area contributed by atoms with Crippen molar-refractivity contribution in [3.05, 3.63) is 35.9 Å². The summed E-state index contributed by atoms with van der Waals surface area (Å²) in [6.45, 7) is 1.49. The van der Waals surface area contributed by atoms with Gasteiger partial charge in [0, 0.05) is 6.54 Å². The van der Waals surface area contributed by atoms with Gasteiger partial charge in [-0.15, -0.1) is 0 Å². The second kappa shape index (κ2) is 6.54. The molecule has 0 spiro atoms. The summed E-state index contributed by atoms with van der Waals surface area (Å²) in [7, 11) is 1.81. The highest BCUT2D eigenvalue weighted by atomic mass is 16.5. The molecule has 0 saturated heterocycles. The van der Waals surface area contributed by atoms with Crippen molar-refractivity contribution < 1.29 is 9.84 Å². The van der Waals surface area contributed by atoms with E-state index in [1.807, 2.05) is 30.3 Å². The van der Waals surface area contributed by atoms with E-state index in [-0.39, 0.29) is 0 Å². The van der Waals surface area contributed by atoms with Crippen LogP contribution in [0.5, 0.6) is 0 Å². The van der Waals surface area contributed by atoms with E-state index in [1.54, 1.807) is 7.05 Å². The van der Waals surface area contributed by atoms with Gasteiger partial charge in [0.2, 0.25) is 0 Å². The lowest BCUT2D eigenvalue weighted by molar-refractivity contribution is 0.0297. The van der Waals surface area contributed by atoms with Gasteiger partial charge in [0.1, 0.15) is 0 Å². The van der Waals surface area contributed by atoms with E-state index < -0.39 is 6.10 Å². The van der Waals surface area contributed by atoms with Crippen molar-refractivity contribution in [1.82, 2.24) is 5.32 Å². The maximum absolute atomic E-state index is 9.34. The van der Waals surface area contributed by atoms with Crippen LogP contribution in [-0.2, 0) is 11.3 Å². The topological polar surface area (TPSA) is 41.5 Å². The van der Waals surface area contributed by atoms with Crippen LogP contribution in [0, 0.1) is 0 Å². The van der Waals surface area contributed by atoms with Crippen molar-refractivity contribution >= 4 is 0 Å². The van der Waals surface area contributed by atoms with Gasteiger partial charge < -0.3 is 15.2 Å². The normalized spacial score (nSPS) is 12.7. The molecule has 14 heavy (non-hydrogen) atoms. The Bertz CT molecular complexity index is 238. The summed E-state index contributed by atoms with van der Waals surface area (Å²) in [6, 6.07) is 9.93. The zero-order valence-corrected chi connectivity index (χ0v) is 8.44. The first-order valence-corrected chi connectivity index (χ1v) is 4.77. The molecule has 0 heterocycles. The zero-order valence-electron chi connectivity index (χ0n) is 8.44. The zero-order chi connectivity index (χ0) is 10.2. The van der Waals surface area contributed by atoms with Crippen molar-refractivity contribution in [2.24, 2.45) is 0 Å². The summed E-state index contributed by atoms with van der Waals surface area (Å²) in [4.78, 5) is 0. The van der Waals surface area contributed by atoms with Gasteiger partial charge >= 0.3 is 0 Å². The Balaban J connectivity index is 2.16. The second-order valence-corrected chi connectivity index (χ2v) is 3.21. The molecule has 3 heteroatoms. The van der Waals surface area contributed by atoms with Crippen molar-refractivity contribution in [2.45, 2.75) is 12.7 Å². The monoisotopic (exact) mass is 195 g/mol. The number of aliphatic hydroxyl groups excluding tert-OH is 1. The van der Waals surface area contributed by atoms with Crippen LogP contribution >= 0.6 is 0 Å². The van der Waals surface area contributed by atoms with E-state index in [9.17, 15) is 5.11 Å². The fraction of sp³-hybridized carbons (Fsp3) is 0.455. The van der Waals surface area contributed by atoms with E-state index in [0.29, 0.717) is 19.8 Å². The lowest BCUT2D eigenvalue weighted by Crippen LogP contribution is -2.27. The van der Waals surface area contributed by atoms with Gasteiger partial charge in [-0.1, -0.05) is 30.3 Å². The highest BCUT2D eigenvalue weighted by Crippen LogP contribution is 2.00. The van der Waals surface area contributed by atoms with Crippen LogP contribution < -0.4 is 5.32 Å². The highest BCUT2D eigenvalue weighted by Gasteiger charge is 2.01. The molecule has 0 unspecified atom stereocenters. The first-order valence-electron chi connectivity index (χ1n) is 4.77. The summed E-state index contributed by atoms with van der Waals surface area (Å²) < 4.78 is 5.34. The van der Waals surface area contributed by atoms with Crippen molar-refractivity contribution in [3.8, 4) is 0 Å². The molecule has 0 fully saturated rings. The predicted octanol–water partition coefficient (Wildman–Crippen LogP) is 0.783. The smallest absolute Gasteiger partial charge is 0.0897 e. The van der Waals surface area contributed by atoms with Gasteiger partial charge in [-0.05, 0) is 12.6 Å². The third kappa shape index (κ3) is 4.37. The number of nitrogens with one attached hydrogen (secondary N) is 1. The van der Waals surface area contributed by atoms with Gasteiger partial charge in [-0.25, -0.2) is 0 Å². The first-order chi connectivity index (χ1) is 6.83. The molecule has 78 valence electrons. The Morgan fingerprint density at radius 3 is 2.71 bits per heavy atom. The number of hydrogen-bond acceptors (Lipinski definition) is 3. The minimum absolute atomic E-state index is 0.371. The van der Waals surface area contributed by atoms with Crippen LogP contribution in [0.15, 0.2) is 30.3 Å². The van der Waals surface area contributed by atoms with Gasteiger partial charge in [0.15, 0.2) is 0 Å². The van der Waals surface area contributed by atoms with E-state index in [4.69, 9.17) is 4.74 Å². The van der Waals surface area contributed by atoms with E-state index in [1.165, 1.54) is 0 Å². The molecule has 0 saturated carbocycles. The standard InChI is InChI=1S/C11H17NO2/c1-12-7-11(13)9-14-8-10-5-3-2-4-6-10/h2-6,11-13H,7-9H2,1H3/t11-/m0/s1. The molecule has 0 amide bonds. The summed E-state index contributed by atoms with van der Waals surface area (Å²) in [5.74, 6) is 0. The van der Waals surface area contributed by atoms with Gasteiger partial charge in [0.05, 0.1) is 19.3 Å². The largest absolute Gasteiger partial charge is 0.389 e. The van der Waals surface area contributed by atoms with Crippen molar-refractivity contribution in [1.29, 1.82) is 0 Å². The average molecular weight is 195 g/mol. The number of rotatable bonds is 6. The van der Waals surface area contributed by atoms with Crippen LogP contribution in [0.1, 0.15) is 5.56 Å². The third-order valence-corrected chi connectivity index (χ3v) is 1.86. The Morgan fingerprint density at radius 1 is 1.36 bits per heavy atom. The maximum Gasteiger partial charge on any atom is 0.0897 e. The molecule has 1 aromatic rings. The number of benzene rings is 1. The Kier molecular flexibility index (Phi) is 5.22. The lowest BCUT2D eigenvalue weighted by atomic mass is 10.2. The SMILES string of the molecule is CNC[C@H](O)COCc1ccccc1. The molecule has 2 N–H and O–H groups in total. The summed E-state index contributed by atoms with van der Waals surface area (Å²) >= 11 is 0. The molecule has 0 aliphatic carbocycles. The van der Waals surface area contributed by atoms with Crippen molar-refractivity contribution in [3.63, 3.8) is 0 Å². The summed E-state index contributed by atoms with van der Waals surface area (Å²) in [6.07, 6.45) is -0.427. The number of aliphatic hydroxyl groups is 1. The Morgan fingerprint density at radius 2 is 2.07 bits per heavy atom. The molecule has 0 aliphatic rings. The van der Waals surface area contributed by atoms with E-state index in [2.05, 4.69) is 5.32 Å². The van der Waals surface area contributed by atoms with Crippen LogP contribution in [0.25, 0.3) is 0 Å². The minimum Gasteiger partial charge on any atom is -0.389 e. The first kappa shape index (κ1) is 11.2. The van der Waals surface area contributed by atoms with Crippen LogP contribution in [-0.4, -0.2) is 31.4 Å². The number of likely N-dealkylation sites (N-methyl/N-ethyl adjacent to an activating group) is 1. The average Bonchev–Trinajstić information content (AvgIpc) is 2.20. The molecule has 0 bridgehead atoms. The summed E-state index contributed by atoms with van der Waals surface area (Å²) in [5.41, 5.74) is 1.13. The van der Waals surface area contributed by atoms with Crippen LogP contribution in [0.2, 0.25) is 0 Å². The van der Waals surface area contributed by atoms with Gasteiger partial charge in [-0.3, -0.25) is 0 Å². The van der Waals surface area contributed by atoms with E-state index in [0.717, 1.165) is 5.56 Å². The van der Waals surface area contributed by atoms with Crippen LogP contribution in [0.3, 0.4) is 0 Å².